The summed E-state index contributed by atoms with van der Waals surface area (Å²) in [5.41, 5.74) is 1.19. The van der Waals surface area contributed by atoms with Crippen molar-refractivity contribution in [3.63, 3.8) is 0 Å². The lowest BCUT2D eigenvalue weighted by molar-refractivity contribution is -0.133. The zero-order valence-corrected chi connectivity index (χ0v) is 18.8. The van der Waals surface area contributed by atoms with Gasteiger partial charge < -0.3 is 14.5 Å². The molecule has 1 aliphatic carbocycles. The van der Waals surface area contributed by atoms with Crippen molar-refractivity contribution in [2.24, 2.45) is 0 Å². The molecule has 2 aromatic heterocycles. The van der Waals surface area contributed by atoms with Gasteiger partial charge in [-0.05, 0) is 44.0 Å². The van der Waals surface area contributed by atoms with Gasteiger partial charge in [-0.3, -0.25) is 9.59 Å². The minimum absolute atomic E-state index is 0.206. The van der Waals surface area contributed by atoms with Gasteiger partial charge in [0.1, 0.15) is 17.9 Å². The first-order chi connectivity index (χ1) is 16.5. The summed E-state index contributed by atoms with van der Waals surface area (Å²) in [5.74, 6) is -0.401. The average Bonchev–Trinajstić information content (AvgIpc) is 3.59. The van der Waals surface area contributed by atoms with E-state index in [0.29, 0.717) is 49.4 Å². The highest BCUT2D eigenvalue weighted by atomic mass is 19.1. The molecule has 2 amide bonds. The molecule has 1 saturated carbocycles. The van der Waals surface area contributed by atoms with Gasteiger partial charge in [0, 0.05) is 37.5 Å². The summed E-state index contributed by atoms with van der Waals surface area (Å²) in [6, 6.07) is 5.72. The van der Waals surface area contributed by atoms with Gasteiger partial charge in [-0.2, -0.15) is 10.2 Å². The number of halogens is 1. The van der Waals surface area contributed by atoms with Crippen LogP contribution in [-0.2, 0) is 16.1 Å². The van der Waals surface area contributed by atoms with E-state index in [1.54, 1.807) is 35.1 Å². The fraction of sp³-hybridized carbons (Fsp3) is 0.435. The lowest BCUT2D eigenvalue weighted by Crippen LogP contribution is -2.51. The van der Waals surface area contributed by atoms with Crippen molar-refractivity contribution in [1.82, 2.24) is 29.4 Å². The normalized spacial score (nSPS) is 16.2. The topological polar surface area (TPSA) is 103 Å². The molecule has 3 aromatic rings. The van der Waals surface area contributed by atoms with E-state index < -0.39 is 5.56 Å². The van der Waals surface area contributed by atoms with Crippen molar-refractivity contribution >= 4 is 22.9 Å². The van der Waals surface area contributed by atoms with E-state index in [-0.39, 0.29) is 30.3 Å². The molecule has 11 heteroatoms. The van der Waals surface area contributed by atoms with Crippen LogP contribution in [0.5, 0.6) is 0 Å². The van der Waals surface area contributed by atoms with Gasteiger partial charge in [0.05, 0.1) is 24.2 Å². The van der Waals surface area contributed by atoms with Crippen LogP contribution in [0.2, 0.25) is 0 Å². The van der Waals surface area contributed by atoms with E-state index in [2.05, 4.69) is 10.2 Å². The Morgan fingerprint density at radius 2 is 1.76 bits per heavy atom. The number of amides is 2. The number of rotatable bonds is 5. The van der Waals surface area contributed by atoms with Gasteiger partial charge in [-0.15, -0.1) is 0 Å². The summed E-state index contributed by atoms with van der Waals surface area (Å²) in [7, 11) is 0. The van der Waals surface area contributed by atoms with Crippen molar-refractivity contribution < 1.29 is 18.7 Å². The third-order valence-electron chi connectivity index (χ3n) is 6.19. The van der Waals surface area contributed by atoms with Crippen LogP contribution in [0.4, 0.5) is 9.18 Å². The van der Waals surface area contributed by atoms with Crippen molar-refractivity contribution in [2.45, 2.75) is 32.2 Å². The molecule has 3 heterocycles. The monoisotopic (exact) mass is 468 g/mol. The third kappa shape index (κ3) is 4.13. The first-order valence-corrected chi connectivity index (χ1v) is 11.4. The van der Waals surface area contributed by atoms with E-state index in [4.69, 9.17) is 4.74 Å². The summed E-state index contributed by atoms with van der Waals surface area (Å²) >= 11 is 0. The minimum atomic E-state index is -0.431. The minimum Gasteiger partial charge on any atom is -0.450 e. The molecule has 2 aliphatic rings. The Balaban J connectivity index is 1.42. The van der Waals surface area contributed by atoms with Crippen LogP contribution >= 0.6 is 0 Å². The lowest BCUT2D eigenvalue weighted by Gasteiger charge is -2.34. The molecular weight excluding hydrogens is 443 g/mol. The summed E-state index contributed by atoms with van der Waals surface area (Å²) in [6.07, 6.45) is 3.15. The van der Waals surface area contributed by atoms with Gasteiger partial charge in [-0.1, -0.05) is 0 Å². The van der Waals surface area contributed by atoms with E-state index in [1.807, 2.05) is 0 Å². The molecule has 5 rings (SSSR count). The molecule has 0 atom stereocenters. The zero-order chi connectivity index (χ0) is 23.8. The highest BCUT2D eigenvalue weighted by Crippen LogP contribution is 2.41. The van der Waals surface area contributed by atoms with Crippen molar-refractivity contribution in [3.05, 3.63) is 52.3 Å². The SMILES string of the molecule is CCOC(=O)N1CCN(C(=O)Cn2nc(C3CC3)c3cnn(-c4ccc(F)cc4)c3c2=O)CC1. The van der Waals surface area contributed by atoms with Gasteiger partial charge in [0.15, 0.2) is 0 Å². The summed E-state index contributed by atoms with van der Waals surface area (Å²) < 4.78 is 21.1. The smallest absolute Gasteiger partial charge is 0.409 e. The highest BCUT2D eigenvalue weighted by molar-refractivity contribution is 5.83. The van der Waals surface area contributed by atoms with Crippen LogP contribution in [0.1, 0.15) is 31.4 Å². The number of ether oxygens (including phenoxy) is 1. The second kappa shape index (κ2) is 8.88. The molecule has 0 bridgehead atoms. The maximum Gasteiger partial charge on any atom is 0.409 e. The zero-order valence-electron chi connectivity index (χ0n) is 18.8. The van der Waals surface area contributed by atoms with Crippen molar-refractivity contribution in [3.8, 4) is 5.69 Å². The molecule has 34 heavy (non-hydrogen) atoms. The predicted octanol–water partition coefficient (Wildman–Crippen LogP) is 1.90. The number of fused-ring (bicyclic) bond motifs is 1. The maximum atomic E-state index is 13.4. The Hall–Kier alpha value is -3.76. The Bertz CT molecular complexity index is 1290. The van der Waals surface area contributed by atoms with Crippen molar-refractivity contribution in [1.29, 1.82) is 0 Å². The average molecular weight is 468 g/mol. The summed E-state index contributed by atoms with van der Waals surface area (Å²) in [4.78, 5) is 41.5. The number of hydrogen-bond donors (Lipinski definition) is 0. The summed E-state index contributed by atoms with van der Waals surface area (Å²) in [6.45, 7) is 3.30. The van der Waals surface area contributed by atoms with Gasteiger partial charge in [0.25, 0.3) is 5.56 Å². The number of benzene rings is 1. The molecule has 0 unspecified atom stereocenters. The fourth-order valence-electron chi connectivity index (χ4n) is 4.22. The number of nitrogens with zero attached hydrogens (tertiary/aromatic N) is 6. The first-order valence-electron chi connectivity index (χ1n) is 11.4. The van der Waals surface area contributed by atoms with Crippen LogP contribution in [0, 0.1) is 5.82 Å². The molecule has 1 aromatic carbocycles. The van der Waals surface area contributed by atoms with Gasteiger partial charge >= 0.3 is 6.09 Å². The molecule has 0 N–H and O–H groups in total. The Morgan fingerprint density at radius 3 is 2.41 bits per heavy atom. The standard InChI is InChI=1S/C23H25FN6O4/c1-2-34-23(33)28-11-9-27(10-12-28)19(31)14-29-22(32)21-18(20(26-29)15-3-4-15)13-25-30(21)17-7-5-16(24)6-8-17/h5-8,13,15H,2-4,9-12,14H2,1H3. The Morgan fingerprint density at radius 1 is 1.09 bits per heavy atom. The number of carbonyl (C=O) groups is 2. The van der Waals surface area contributed by atoms with Gasteiger partial charge in [0.2, 0.25) is 5.91 Å². The van der Waals surface area contributed by atoms with Crippen LogP contribution in [0.3, 0.4) is 0 Å². The van der Waals surface area contributed by atoms with E-state index in [0.717, 1.165) is 18.5 Å². The number of hydrogen-bond acceptors (Lipinski definition) is 6. The van der Waals surface area contributed by atoms with E-state index >= 15 is 0 Å². The second-order valence-corrected chi connectivity index (χ2v) is 8.48. The Kier molecular flexibility index (Phi) is 5.76. The largest absolute Gasteiger partial charge is 0.450 e. The molecule has 0 radical (unpaired) electrons. The molecule has 10 nitrogen and oxygen atoms in total. The molecule has 178 valence electrons. The molecular formula is C23H25FN6O4. The van der Waals surface area contributed by atoms with Crippen LogP contribution in [0.25, 0.3) is 16.6 Å². The van der Waals surface area contributed by atoms with Crippen molar-refractivity contribution in [2.75, 3.05) is 32.8 Å². The third-order valence-corrected chi connectivity index (χ3v) is 6.19. The Labute approximate surface area is 194 Å². The second-order valence-electron chi connectivity index (χ2n) is 8.48. The van der Waals surface area contributed by atoms with E-state index in [1.165, 1.54) is 21.5 Å². The number of piperazine rings is 1. The lowest BCUT2D eigenvalue weighted by atomic mass is 10.2. The predicted molar refractivity (Wildman–Crippen MR) is 120 cm³/mol. The highest BCUT2D eigenvalue weighted by Gasteiger charge is 2.31. The van der Waals surface area contributed by atoms with E-state index in [9.17, 15) is 18.8 Å². The summed E-state index contributed by atoms with van der Waals surface area (Å²) in [5, 5.41) is 9.57. The maximum absolute atomic E-state index is 13.4. The first kappa shape index (κ1) is 22.1. The number of aromatic nitrogens is 4. The quantitative estimate of drug-likeness (QED) is 0.567. The molecule has 1 aliphatic heterocycles. The molecule has 1 saturated heterocycles. The van der Waals surface area contributed by atoms with Crippen LogP contribution < -0.4 is 5.56 Å². The van der Waals surface area contributed by atoms with Crippen LogP contribution in [-0.4, -0.2) is 74.1 Å². The number of carbonyl (C=O) groups excluding carboxylic acids is 2. The molecule has 2 fully saturated rings. The molecule has 0 spiro atoms. The fourth-order valence-corrected chi connectivity index (χ4v) is 4.22. The van der Waals surface area contributed by atoms with Crippen LogP contribution in [0.15, 0.2) is 35.3 Å². The van der Waals surface area contributed by atoms with Gasteiger partial charge in [-0.25, -0.2) is 18.5 Å².